The molecule has 3 rings (SSSR count). The van der Waals surface area contributed by atoms with E-state index in [-0.39, 0.29) is 13.2 Å². The average molecular weight is 372 g/mol. The Morgan fingerprint density at radius 3 is 2.42 bits per heavy atom. The van der Waals surface area contributed by atoms with Gasteiger partial charge in [-0.2, -0.15) is 5.26 Å². The monoisotopic (exact) mass is 371 g/mol. The third kappa shape index (κ3) is 4.67. The van der Waals surface area contributed by atoms with Gasteiger partial charge < -0.3 is 14.7 Å². The number of halogens is 1. The molecule has 0 atom stereocenters. The van der Waals surface area contributed by atoms with Crippen molar-refractivity contribution in [1.82, 2.24) is 4.90 Å². The maximum Gasteiger partial charge on any atom is 0.121 e. The normalized spacial score (nSPS) is 14.9. The number of aliphatic hydroxyl groups is 1. The summed E-state index contributed by atoms with van der Waals surface area (Å²) in [5.41, 5.74) is 2.93. The molecule has 1 fully saturated rings. The number of hydrogen-bond acceptors (Lipinski definition) is 5. The first-order valence-corrected chi connectivity index (χ1v) is 9.07. The number of piperazine rings is 1. The Bertz CT molecular complexity index is 766. The molecule has 6 heteroatoms. The number of aliphatic hydroxyl groups excluding tert-OH is 1. The summed E-state index contributed by atoms with van der Waals surface area (Å²) in [7, 11) is 0. The first-order valence-electron chi connectivity index (χ1n) is 8.69. The molecule has 0 unspecified atom stereocenters. The number of ether oxygens (including phenoxy) is 1. The number of hydrogen-bond donors (Lipinski definition) is 1. The van der Waals surface area contributed by atoms with Gasteiger partial charge in [0.25, 0.3) is 0 Å². The fourth-order valence-electron chi connectivity index (χ4n) is 3.09. The number of nitrogens with zero attached hydrogens (tertiary/aromatic N) is 3. The Morgan fingerprint density at radius 2 is 1.81 bits per heavy atom. The van der Waals surface area contributed by atoms with E-state index in [2.05, 4.69) is 15.9 Å². The third-order valence-corrected chi connectivity index (χ3v) is 4.78. The van der Waals surface area contributed by atoms with Crippen LogP contribution in [0.3, 0.4) is 0 Å². The van der Waals surface area contributed by atoms with E-state index in [4.69, 9.17) is 26.7 Å². The van der Waals surface area contributed by atoms with Gasteiger partial charge in [0.1, 0.15) is 12.4 Å². The van der Waals surface area contributed by atoms with Gasteiger partial charge in [0.2, 0.25) is 0 Å². The topological polar surface area (TPSA) is 59.7 Å². The average Bonchev–Trinajstić information content (AvgIpc) is 2.68. The van der Waals surface area contributed by atoms with Gasteiger partial charge in [-0.3, -0.25) is 4.90 Å². The summed E-state index contributed by atoms with van der Waals surface area (Å²) in [6.45, 7) is 4.88. The van der Waals surface area contributed by atoms with Crippen molar-refractivity contribution < 1.29 is 9.84 Å². The maximum absolute atomic E-state index is 8.87. The van der Waals surface area contributed by atoms with Gasteiger partial charge in [-0.1, -0.05) is 23.7 Å². The molecule has 0 spiro atoms. The van der Waals surface area contributed by atoms with Gasteiger partial charge in [-0.05, 0) is 29.8 Å². The zero-order chi connectivity index (χ0) is 18.4. The first-order chi connectivity index (χ1) is 12.7. The molecule has 26 heavy (non-hydrogen) atoms. The van der Waals surface area contributed by atoms with Crippen molar-refractivity contribution in [3.8, 4) is 11.8 Å². The molecule has 2 aromatic rings. The Balaban J connectivity index is 1.55. The van der Waals surface area contributed by atoms with Gasteiger partial charge in [0.15, 0.2) is 0 Å². The zero-order valence-electron chi connectivity index (χ0n) is 14.6. The van der Waals surface area contributed by atoms with Gasteiger partial charge in [0, 0.05) is 38.8 Å². The second-order valence-electron chi connectivity index (χ2n) is 6.26. The van der Waals surface area contributed by atoms with Crippen LogP contribution in [-0.4, -0.2) is 49.4 Å². The van der Waals surface area contributed by atoms with E-state index in [0.29, 0.717) is 16.3 Å². The van der Waals surface area contributed by atoms with Crippen molar-refractivity contribution in [3.63, 3.8) is 0 Å². The molecule has 0 aromatic heterocycles. The predicted molar refractivity (Wildman–Crippen MR) is 103 cm³/mol. The van der Waals surface area contributed by atoms with E-state index in [9.17, 15) is 0 Å². The molecule has 0 bridgehead atoms. The summed E-state index contributed by atoms with van der Waals surface area (Å²) in [6.07, 6.45) is 0. The van der Waals surface area contributed by atoms with Gasteiger partial charge in [-0.15, -0.1) is 0 Å². The van der Waals surface area contributed by atoms with Crippen LogP contribution in [-0.2, 0) is 6.54 Å². The maximum atomic E-state index is 8.87. The van der Waals surface area contributed by atoms with Gasteiger partial charge in [-0.25, -0.2) is 0 Å². The lowest BCUT2D eigenvalue weighted by Gasteiger charge is -2.36. The molecule has 1 N–H and O–H groups in total. The molecule has 1 aliphatic heterocycles. The molecule has 1 saturated heterocycles. The summed E-state index contributed by atoms with van der Waals surface area (Å²) >= 11 is 6.41. The van der Waals surface area contributed by atoms with Crippen LogP contribution in [0.1, 0.15) is 11.1 Å². The molecule has 0 radical (unpaired) electrons. The second-order valence-corrected chi connectivity index (χ2v) is 6.66. The van der Waals surface area contributed by atoms with Crippen LogP contribution in [0.4, 0.5) is 5.69 Å². The molecule has 0 saturated carbocycles. The molecule has 1 aliphatic rings. The molecule has 0 aliphatic carbocycles. The van der Waals surface area contributed by atoms with E-state index >= 15 is 0 Å². The van der Waals surface area contributed by atoms with Crippen molar-refractivity contribution in [2.75, 3.05) is 44.3 Å². The minimum Gasteiger partial charge on any atom is -0.491 e. The van der Waals surface area contributed by atoms with E-state index in [1.165, 1.54) is 5.56 Å². The molecule has 136 valence electrons. The Kier molecular flexibility index (Phi) is 6.35. The number of anilines is 1. The minimum absolute atomic E-state index is 0.0133. The minimum atomic E-state index is -0.0133. The number of rotatable bonds is 6. The summed E-state index contributed by atoms with van der Waals surface area (Å²) < 4.78 is 5.40. The van der Waals surface area contributed by atoms with Gasteiger partial charge in [0.05, 0.1) is 28.9 Å². The second kappa shape index (κ2) is 8.91. The highest BCUT2D eigenvalue weighted by Gasteiger charge is 2.19. The molecule has 1 heterocycles. The van der Waals surface area contributed by atoms with Crippen molar-refractivity contribution in [2.24, 2.45) is 0 Å². The third-order valence-electron chi connectivity index (χ3n) is 4.48. The van der Waals surface area contributed by atoms with E-state index < -0.39 is 0 Å². The molecule has 0 amide bonds. The highest BCUT2D eigenvalue weighted by Crippen LogP contribution is 2.30. The quantitative estimate of drug-likeness (QED) is 0.846. The summed E-state index contributed by atoms with van der Waals surface area (Å²) in [4.78, 5) is 4.69. The Hall–Kier alpha value is -2.26. The van der Waals surface area contributed by atoms with Crippen LogP contribution in [0.5, 0.6) is 5.75 Å². The van der Waals surface area contributed by atoms with Crippen LogP contribution in [0.15, 0.2) is 42.5 Å². The van der Waals surface area contributed by atoms with Crippen LogP contribution in [0.2, 0.25) is 5.02 Å². The lowest BCUT2D eigenvalue weighted by Crippen LogP contribution is -2.46. The standard InChI is InChI=1S/C20H22ClN3O2/c21-19-13-18(26-12-11-25)5-6-20(19)24-9-7-23(8-10-24)15-17-3-1-16(14-22)2-4-17/h1-6,13,25H,7-12,15H2. The van der Waals surface area contributed by atoms with Crippen molar-refractivity contribution >= 4 is 17.3 Å². The predicted octanol–water partition coefficient (Wildman–Crippen LogP) is 2.90. The zero-order valence-corrected chi connectivity index (χ0v) is 15.3. The van der Waals surface area contributed by atoms with Crippen LogP contribution >= 0.6 is 11.6 Å². The fourth-order valence-corrected chi connectivity index (χ4v) is 3.38. The molecular formula is C20H22ClN3O2. The first kappa shape index (κ1) is 18.5. The Morgan fingerprint density at radius 1 is 1.08 bits per heavy atom. The summed E-state index contributed by atoms with van der Waals surface area (Å²) in [5.74, 6) is 0.673. The number of benzene rings is 2. The molecular weight excluding hydrogens is 350 g/mol. The van der Waals surface area contributed by atoms with Crippen molar-refractivity contribution in [1.29, 1.82) is 5.26 Å². The molecule has 5 nitrogen and oxygen atoms in total. The van der Waals surface area contributed by atoms with Crippen LogP contribution < -0.4 is 9.64 Å². The van der Waals surface area contributed by atoms with Crippen LogP contribution in [0, 0.1) is 11.3 Å². The van der Waals surface area contributed by atoms with Crippen molar-refractivity contribution in [3.05, 3.63) is 58.6 Å². The summed E-state index contributed by atoms with van der Waals surface area (Å²) in [6, 6.07) is 15.6. The SMILES string of the molecule is N#Cc1ccc(CN2CCN(c3ccc(OCCO)cc3Cl)CC2)cc1. The highest BCUT2D eigenvalue weighted by atomic mass is 35.5. The summed E-state index contributed by atoms with van der Waals surface area (Å²) in [5, 5.41) is 18.4. The smallest absolute Gasteiger partial charge is 0.121 e. The highest BCUT2D eigenvalue weighted by molar-refractivity contribution is 6.33. The lowest BCUT2D eigenvalue weighted by molar-refractivity contribution is 0.201. The van der Waals surface area contributed by atoms with E-state index in [1.807, 2.05) is 36.4 Å². The number of nitriles is 1. The van der Waals surface area contributed by atoms with Gasteiger partial charge >= 0.3 is 0 Å². The fraction of sp³-hybridized carbons (Fsp3) is 0.350. The Labute approximate surface area is 159 Å². The largest absolute Gasteiger partial charge is 0.491 e. The van der Waals surface area contributed by atoms with Crippen molar-refractivity contribution in [2.45, 2.75) is 6.54 Å². The lowest BCUT2D eigenvalue weighted by atomic mass is 10.1. The van der Waals surface area contributed by atoms with E-state index in [0.717, 1.165) is 38.4 Å². The van der Waals surface area contributed by atoms with Crippen LogP contribution in [0.25, 0.3) is 0 Å². The molecule has 2 aromatic carbocycles. The van der Waals surface area contributed by atoms with E-state index in [1.54, 1.807) is 6.07 Å².